The molecule has 1 aromatic carbocycles. The number of nitrogens with zero attached hydrogens (tertiary/aromatic N) is 3. The smallest absolute Gasteiger partial charge is 0.316 e. The van der Waals surface area contributed by atoms with Crippen molar-refractivity contribution < 1.29 is 9.18 Å². The molecule has 1 fully saturated rings. The van der Waals surface area contributed by atoms with Gasteiger partial charge in [0.15, 0.2) is 0 Å². The number of amides is 2. The molecule has 0 radical (unpaired) electrons. The summed E-state index contributed by atoms with van der Waals surface area (Å²) in [5.74, 6) is 0.0508. The maximum absolute atomic E-state index is 14.2. The van der Waals surface area contributed by atoms with Crippen molar-refractivity contribution >= 4 is 6.03 Å². The lowest BCUT2D eigenvalue weighted by atomic mass is 9.68. The summed E-state index contributed by atoms with van der Waals surface area (Å²) in [5, 5.41) is 11.7. The molecule has 2 bridgehead atoms. The second-order valence-electron chi connectivity index (χ2n) is 8.32. The van der Waals surface area contributed by atoms with E-state index in [1.54, 1.807) is 24.1 Å². The lowest BCUT2D eigenvalue weighted by Crippen LogP contribution is -2.49. The highest BCUT2D eigenvalue weighted by atomic mass is 19.1. The highest BCUT2D eigenvalue weighted by Crippen LogP contribution is 2.67. The number of carbonyl (C=O) groups is 1. The third-order valence-electron chi connectivity index (χ3n) is 6.83. The fourth-order valence-corrected chi connectivity index (χ4v) is 5.24. The lowest BCUT2D eigenvalue weighted by molar-refractivity contribution is 0.146. The number of hydrogen-bond acceptors (Lipinski definition) is 3. The normalized spacial score (nSPS) is 24.6. The summed E-state index contributed by atoms with van der Waals surface area (Å²) in [6.45, 7) is 5.11. The zero-order chi connectivity index (χ0) is 19.4. The predicted octanol–water partition coefficient (Wildman–Crippen LogP) is 3.71. The molecule has 1 N–H and O–H groups in total. The molecular formula is C21H25FN4O. The van der Waals surface area contributed by atoms with Gasteiger partial charge in [0.1, 0.15) is 5.82 Å². The van der Waals surface area contributed by atoms with Gasteiger partial charge in [-0.15, -0.1) is 0 Å². The number of halogens is 1. The summed E-state index contributed by atoms with van der Waals surface area (Å²) >= 11 is 0. The van der Waals surface area contributed by atoms with Crippen LogP contribution in [0.1, 0.15) is 43.9 Å². The van der Waals surface area contributed by atoms with E-state index in [4.69, 9.17) is 0 Å². The van der Waals surface area contributed by atoms with Gasteiger partial charge in [-0.1, -0.05) is 26.0 Å². The number of likely N-dealkylation sites (N-methyl/N-ethyl adjacent to an activating group) is 1. The van der Waals surface area contributed by atoms with E-state index in [-0.39, 0.29) is 22.7 Å². The van der Waals surface area contributed by atoms with Crippen LogP contribution in [0.15, 0.2) is 30.3 Å². The van der Waals surface area contributed by atoms with Crippen molar-refractivity contribution in [3.63, 3.8) is 0 Å². The second kappa shape index (κ2) is 6.01. The van der Waals surface area contributed by atoms with E-state index in [1.165, 1.54) is 6.07 Å². The Bertz CT molecular complexity index is 913. The zero-order valence-corrected chi connectivity index (χ0v) is 16.2. The molecule has 27 heavy (non-hydrogen) atoms. The van der Waals surface area contributed by atoms with Gasteiger partial charge in [0.25, 0.3) is 0 Å². The van der Waals surface area contributed by atoms with Crippen LogP contribution in [0.3, 0.4) is 0 Å². The minimum absolute atomic E-state index is 0.0415. The van der Waals surface area contributed by atoms with E-state index in [0.717, 1.165) is 24.1 Å². The van der Waals surface area contributed by atoms with Gasteiger partial charge in [0, 0.05) is 31.6 Å². The van der Waals surface area contributed by atoms with Gasteiger partial charge < -0.3 is 10.2 Å². The Morgan fingerprint density at radius 1 is 1.33 bits per heavy atom. The van der Waals surface area contributed by atoms with Crippen LogP contribution in [0, 0.1) is 11.2 Å². The van der Waals surface area contributed by atoms with Crippen molar-refractivity contribution in [1.29, 1.82) is 0 Å². The van der Waals surface area contributed by atoms with E-state index in [9.17, 15) is 9.18 Å². The first kappa shape index (κ1) is 17.9. The van der Waals surface area contributed by atoms with Crippen LogP contribution in [0.2, 0.25) is 0 Å². The van der Waals surface area contributed by atoms with Gasteiger partial charge in [-0.3, -0.25) is 0 Å². The molecule has 1 saturated carbocycles. The molecule has 6 heteroatoms. The molecule has 0 saturated heterocycles. The number of hydrogen-bond donors (Lipinski definition) is 1. The first-order valence-electron chi connectivity index (χ1n) is 9.37. The number of nitrogens with one attached hydrogen (secondary N) is 1. The average molecular weight is 368 g/mol. The number of rotatable bonds is 3. The number of carbonyl (C=O) groups excluding carboxylic acids is 1. The van der Waals surface area contributed by atoms with Crippen molar-refractivity contribution in [1.82, 2.24) is 20.4 Å². The quantitative estimate of drug-likeness (QED) is 0.898. The molecular weight excluding hydrogens is 343 g/mol. The zero-order valence-electron chi connectivity index (χ0n) is 16.2. The number of fused-ring (bicyclic) bond motifs is 5. The molecule has 2 atom stereocenters. The monoisotopic (exact) mass is 368 g/mol. The summed E-state index contributed by atoms with van der Waals surface area (Å²) in [6.07, 6.45) is 2.02. The standard InChI is InChI=1S/C21H25FN4O/c1-20(2)15-9-10-21(20,12-26(4)19(27)23-3)18-14(15)11-17(24-25-18)13-7-5-6-8-16(13)22/h5-8,11,15H,9-10,12H2,1-4H3,(H,23,27)/t15-,21?/m1/s1. The number of urea groups is 1. The van der Waals surface area contributed by atoms with Crippen LogP contribution >= 0.6 is 0 Å². The van der Waals surface area contributed by atoms with Crippen LogP contribution in [0.5, 0.6) is 0 Å². The molecule has 1 heterocycles. The minimum atomic E-state index is -0.289. The molecule has 0 aliphatic heterocycles. The Kier molecular flexibility index (Phi) is 3.98. The predicted molar refractivity (Wildman–Crippen MR) is 102 cm³/mol. The van der Waals surface area contributed by atoms with Crippen molar-refractivity contribution in [3.05, 3.63) is 47.4 Å². The van der Waals surface area contributed by atoms with Crippen molar-refractivity contribution in [3.8, 4) is 11.3 Å². The van der Waals surface area contributed by atoms with Crippen LogP contribution < -0.4 is 5.32 Å². The van der Waals surface area contributed by atoms with Crippen molar-refractivity contribution in [2.75, 3.05) is 20.6 Å². The van der Waals surface area contributed by atoms with E-state index < -0.39 is 0 Å². The molecule has 2 aliphatic carbocycles. The van der Waals surface area contributed by atoms with Gasteiger partial charge in [-0.25, -0.2) is 9.18 Å². The van der Waals surface area contributed by atoms with Crippen LogP contribution in [-0.4, -0.2) is 41.8 Å². The number of aromatic nitrogens is 2. The van der Waals surface area contributed by atoms with Gasteiger partial charge >= 0.3 is 6.03 Å². The summed E-state index contributed by atoms with van der Waals surface area (Å²) in [5.41, 5.74) is 2.91. The average Bonchev–Trinajstić information content (AvgIpc) is 3.01. The van der Waals surface area contributed by atoms with Gasteiger partial charge in [-0.05, 0) is 47.9 Å². The fraction of sp³-hybridized carbons (Fsp3) is 0.476. The van der Waals surface area contributed by atoms with E-state index >= 15 is 0 Å². The topological polar surface area (TPSA) is 58.1 Å². The second-order valence-corrected chi connectivity index (χ2v) is 8.32. The lowest BCUT2D eigenvalue weighted by Gasteiger charge is -2.40. The summed E-state index contributed by atoms with van der Waals surface area (Å²) in [4.78, 5) is 13.8. The maximum Gasteiger partial charge on any atom is 0.316 e. The van der Waals surface area contributed by atoms with Gasteiger partial charge in [0.05, 0.1) is 11.4 Å². The van der Waals surface area contributed by atoms with E-state index in [2.05, 4.69) is 29.4 Å². The third-order valence-corrected chi connectivity index (χ3v) is 6.83. The Hall–Kier alpha value is -2.50. The molecule has 1 aromatic heterocycles. The summed E-state index contributed by atoms with van der Waals surface area (Å²) < 4.78 is 14.2. The molecule has 2 aromatic rings. The molecule has 4 rings (SSSR count). The Labute approximate surface area is 159 Å². The molecule has 2 aliphatic rings. The van der Waals surface area contributed by atoms with Gasteiger partial charge in [-0.2, -0.15) is 10.2 Å². The molecule has 0 spiro atoms. The van der Waals surface area contributed by atoms with Crippen molar-refractivity contribution in [2.24, 2.45) is 5.41 Å². The number of benzene rings is 1. The largest absolute Gasteiger partial charge is 0.341 e. The molecule has 2 amide bonds. The maximum atomic E-state index is 14.2. The third kappa shape index (κ3) is 2.38. The van der Waals surface area contributed by atoms with Crippen molar-refractivity contribution in [2.45, 2.75) is 38.0 Å². The van der Waals surface area contributed by atoms with Crippen LogP contribution in [-0.2, 0) is 5.41 Å². The fourth-order valence-electron chi connectivity index (χ4n) is 5.24. The summed E-state index contributed by atoms with van der Waals surface area (Å²) in [6, 6.07) is 8.57. The minimum Gasteiger partial charge on any atom is -0.341 e. The Morgan fingerprint density at radius 2 is 2.07 bits per heavy atom. The van der Waals surface area contributed by atoms with Gasteiger partial charge in [0.2, 0.25) is 0 Å². The van der Waals surface area contributed by atoms with Crippen LogP contribution in [0.4, 0.5) is 9.18 Å². The first-order chi connectivity index (χ1) is 12.8. The highest BCUT2D eigenvalue weighted by molar-refractivity contribution is 5.74. The molecule has 142 valence electrons. The molecule has 1 unspecified atom stereocenters. The van der Waals surface area contributed by atoms with Crippen LogP contribution in [0.25, 0.3) is 11.3 Å². The summed E-state index contributed by atoms with van der Waals surface area (Å²) in [7, 11) is 3.46. The van der Waals surface area contributed by atoms with E-state index in [1.807, 2.05) is 19.2 Å². The van der Waals surface area contributed by atoms with E-state index in [0.29, 0.717) is 23.7 Å². The SMILES string of the molecule is CNC(=O)N(C)CC12CC[C@H](c3cc(-c4ccccc4F)nnc31)C2(C)C. The first-order valence-corrected chi connectivity index (χ1v) is 9.37. The molecule has 5 nitrogen and oxygen atoms in total. The highest BCUT2D eigenvalue weighted by Gasteiger charge is 2.63. The Balaban J connectivity index is 1.80. The Morgan fingerprint density at radius 3 is 2.78 bits per heavy atom.